The molecule has 124 valence electrons. The Morgan fingerprint density at radius 2 is 1.58 bits per heavy atom. The molecule has 1 aromatic carbocycles. The molecule has 4 N–H and O–H groups in total. The highest BCUT2D eigenvalue weighted by atomic mass is 32.1. The number of nitrogens with two attached hydrogens (primary N) is 2. The number of thiophene rings is 1. The Balaban J connectivity index is 2.08. The second-order valence-electron chi connectivity index (χ2n) is 5.03. The van der Waals surface area contributed by atoms with E-state index in [-0.39, 0.29) is 13.1 Å². The third kappa shape index (κ3) is 5.06. The Hall–Kier alpha value is -2.93. The summed E-state index contributed by atoms with van der Waals surface area (Å²) in [5, 5.41) is 0. The molecule has 24 heavy (non-hydrogen) atoms. The third-order valence-electron chi connectivity index (χ3n) is 3.08. The molecule has 0 aliphatic carbocycles. The Labute approximate surface area is 143 Å². The van der Waals surface area contributed by atoms with Crippen LogP contribution in [0.5, 0.6) is 0 Å². The van der Waals surface area contributed by atoms with Gasteiger partial charge in [-0.05, 0) is 23.8 Å². The molecule has 3 amide bonds. The minimum atomic E-state index is -0.708. The van der Waals surface area contributed by atoms with Gasteiger partial charge in [0.2, 0.25) is 17.7 Å². The van der Waals surface area contributed by atoms with Gasteiger partial charge in [-0.25, -0.2) is 0 Å². The molecule has 0 unspecified atom stereocenters. The molecule has 2 aromatic rings. The number of hydrogen-bond donors (Lipinski definition) is 2. The molecule has 0 radical (unpaired) electrons. The van der Waals surface area contributed by atoms with Gasteiger partial charge in [-0.1, -0.05) is 30.3 Å². The molecule has 7 heteroatoms. The van der Waals surface area contributed by atoms with E-state index in [9.17, 15) is 14.4 Å². The third-order valence-corrected chi connectivity index (χ3v) is 4.18. The van der Waals surface area contributed by atoms with Crippen molar-refractivity contribution >= 4 is 35.1 Å². The van der Waals surface area contributed by atoms with Crippen LogP contribution in [0.1, 0.15) is 4.88 Å². The SMILES string of the molecule is NC(=O)CN(CC(N)=O)C(=O)C=Cc1ccc(-c2ccccc2)s1. The van der Waals surface area contributed by atoms with Gasteiger partial charge in [0, 0.05) is 15.8 Å². The van der Waals surface area contributed by atoms with Crippen molar-refractivity contribution in [1.82, 2.24) is 4.90 Å². The van der Waals surface area contributed by atoms with Crippen LogP contribution in [0.3, 0.4) is 0 Å². The average Bonchev–Trinajstić information content (AvgIpc) is 3.01. The van der Waals surface area contributed by atoms with E-state index in [1.54, 1.807) is 6.08 Å². The van der Waals surface area contributed by atoms with Gasteiger partial charge in [0.25, 0.3) is 0 Å². The summed E-state index contributed by atoms with van der Waals surface area (Å²) in [6.45, 7) is -0.711. The van der Waals surface area contributed by atoms with Crippen LogP contribution in [0.2, 0.25) is 0 Å². The number of primary amides is 2. The molecule has 2 rings (SSSR count). The van der Waals surface area contributed by atoms with E-state index in [0.717, 1.165) is 20.2 Å². The van der Waals surface area contributed by atoms with Crippen molar-refractivity contribution in [3.63, 3.8) is 0 Å². The summed E-state index contributed by atoms with van der Waals surface area (Å²) in [6.07, 6.45) is 2.93. The maximum atomic E-state index is 12.1. The average molecular weight is 343 g/mol. The fourth-order valence-corrected chi connectivity index (χ4v) is 2.96. The number of nitrogens with zero attached hydrogens (tertiary/aromatic N) is 1. The van der Waals surface area contributed by atoms with Crippen molar-refractivity contribution in [3.8, 4) is 10.4 Å². The summed E-state index contributed by atoms with van der Waals surface area (Å²) in [6, 6.07) is 13.7. The van der Waals surface area contributed by atoms with Gasteiger partial charge in [0.05, 0.1) is 0 Å². The smallest absolute Gasteiger partial charge is 0.247 e. The van der Waals surface area contributed by atoms with E-state index < -0.39 is 17.7 Å². The predicted octanol–water partition coefficient (Wildman–Crippen LogP) is 1.23. The van der Waals surface area contributed by atoms with Crippen LogP contribution in [-0.4, -0.2) is 35.7 Å². The van der Waals surface area contributed by atoms with Crippen molar-refractivity contribution in [3.05, 3.63) is 53.4 Å². The van der Waals surface area contributed by atoms with E-state index in [2.05, 4.69) is 0 Å². The second-order valence-corrected chi connectivity index (χ2v) is 6.14. The summed E-state index contributed by atoms with van der Waals surface area (Å²) < 4.78 is 0. The molecule has 0 atom stereocenters. The molecule has 1 heterocycles. The van der Waals surface area contributed by atoms with E-state index in [1.807, 2.05) is 42.5 Å². The zero-order chi connectivity index (χ0) is 17.5. The lowest BCUT2D eigenvalue weighted by Gasteiger charge is -2.17. The number of carbonyl (C=O) groups excluding carboxylic acids is 3. The first-order valence-corrected chi connectivity index (χ1v) is 7.96. The van der Waals surface area contributed by atoms with Crippen molar-refractivity contribution in [2.75, 3.05) is 13.1 Å². The largest absolute Gasteiger partial charge is 0.368 e. The van der Waals surface area contributed by atoms with Gasteiger partial charge < -0.3 is 16.4 Å². The molecule has 0 spiro atoms. The van der Waals surface area contributed by atoms with Crippen LogP contribution in [-0.2, 0) is 14.4 Å². The summed E-state index contributed by atoms with van der Waals surface area (Å²) in [5.41, 5.74) is 11.2. The molecule has 0 aliphatic rings. The van der Waals surface area contributed by atoms with Crippen LogP contribution < -0.4 is 11.5 Å². The first kappa shape index (κ1) is 17.4. The number of benzene rings is 1. The zero-order valence-electron chi connectivity index (χ0n) is 12.8. The zero-order valence-corrected chi connectivity index (χ0v) is 13.7. The maximum absolute atomic E-state index is 12.1. The number of rotatable bonds is 7. The van der Waals surface area contributed by atoms with Crippen LogP contribution in [0.25, 0.3) is 16.5 Å². The molecule has 0 saturated carbocycles. The molecule has 0 aliphatic heterocycles. The molecular formula is C17H17N3O3S. The van der Waals surface area contributed by atoms with Crippen LogP contribution in [0, 0.1) is 0 Å². The van der Waals surface area contributed by atoms with Crippen molar-refractivity contribution in [2.45, 2.75) is 0 Å². The summed E-state index contributed by atoms with van der Waals surface area (Å²) in [4.78, 5) is 37.0. The van der Waals surface area contributed by atoms with E-state index >= 15 is 0 Å². The molecule has 0 bridgehead atoms. The number of carbonyl (C=O) groups is 3. The van der Waals surface area contributed by atoms with Crippen LogP contribution in [0.15, 0.2) is 48.5 Å². The van der Waals surface area contributed by atoms with Gasteiger partial charge in [-0.3, -0.25) is 14.4 Å². The molecule has 0 fully saturated rings. The standard InChI is InChI=1S/C17H17N3O3S/c18-15(21)10-20(11-16(19)22)17(23)9-7-13-6-8-14(24-13)12-4-2-1-3-5-12/h1-9H,10-11H2,(H2,18,21)(H2,19,22). The quantitative estimate of drug-likeness (QED) is 0.738. The van der Waals surface area contributed by atoms with Gasteiger partial charge in [0.1, 0.15) is 13.1 Å². The minimum Gasteiger partial charge on any atom is -0.368 e. The van der Waals surface area contributed by atoms with Crippen molar-refractivity contribution < 1.29 is 14.4 Å². The van der Waals surface area contributed by atoms with Crippen LogP contribution >= 0.6 is 11.3 Å². The van der Waals surface area contributed by atoms with Gasteiger partial charge >= 0.3 is 0 Å². The number of hydrogen-bond acceptors (Lipinski definition) is 4. The molecule has 6 nitrogen and oxygen atoms in total. The fraction of sp³-hybridized carbons (Fsp3) is 0.118. The monoisotopic (exact) mass is 343 g/mol. The van der Waals surface area contributed by atoms with Gasteiger partial charge in [0.15, 0.2) is 0 Å². The van der Waals surface area contributed by atoms with E-state index in [0.29, 0.717) is 0 Å². The van der Waals surface area contributed by atoms with Gasteiger partial charge in [-0.2, -0.15) is 0 Å². The first-order chi connectivity index (χ1) is 11.5. The lowest BCUT2D eigenvalue weighted by atomic mass is 10.2. The number of amides is 3. The van der Waals surface area contributed by atoms with Crippen molar-refractivity contribution in [2.24, 2.45) is 11.5 Å². The normalized spacial score (nSPS) is 10.7. The Bertz CT molecular complexity index is 752. The molecular weight excluding hydrogens is 326 g/mol. The van der Waals surface area contributed by atoms with Crippen molar-refractivity contribution in [1.29, 1.82) is 0 Å². The highest BCUT2D eigenvalue weighted by molar-refractivity contribution is 7.16. The Morgan fingerprint density at radius 3 is 2.17 bits per heavy atom. The lowest BCUT2D eigenvalue weighted by molar-refractivity contribution is -0.134. The minimum absolute atomic E-state index is 0.355. The van der Waals surface area contributed by atoms with Crippen LogP contribution in [0.4, 0.5) is 0 Å². The molecule has 0 saturated heterocycles. The summed E-state index contributed by atoms with van der Waals surface area (Å²) >= 11 is 1.53. The Kier molecular flexibility index (Phi) is 5.86. The topological polar surface area (TPSA) is 106 Å². The van der Waals surface area contributed by atoms with Gasteiger partial charge in [-0.15, -0.1) is 11.3 Å². The Morgan fingerprint density at radius 1 is 0.958 bits per heavy atom. The highest BCUT2D eigenvalue weighted by Gasteiger charge is 2.15. The van der Waals surface area contributed by atoms with E-state index in [1.165, 1.54) is 17.4 Å². The summed E-state index contributed by atoms with van der Waals surface area (Å²) in [7, 11) is 0. The second kappa shape index (κ2) is 8.07. The molecule has 1 aromatic heterocycles. The summed E-state index contributed by atoms with van der Waals surface area (Å²) in [5.74, 6) is -1.91. The fourth-order valence-electron chi connectivity index (χ4n) is 2.05. The predicted molar refractivity (Wildman–Crippen MR) is 93.8 cm³/mol. The first-order valence-electron chi connectivity index (χ1n) is 7.14. The van der Waals surface area contributed by atoms with E-state index in [4.69, 9.17) is 11.5 Å². The highest BCUT2D eigenvalue weighted by Crippen LogP contribution is 2.28. The lowest BCUT2D eigenvalue weighted by Crippen LogP contribution is -2.42. The maximum Gasteiger partial charge on any atom is 0.247 e.